The van der Waals surface area contributed by atoms with Crippen LogP contribution >= 0.6 is 0 Å². The molecule has 0 unspecified atom stereocenters. The summed E-state index contributed by atoms with van der Waals surface area (Å²) in [5.41, 5.74) is 15.4. The summed E-state index contributed by atoms with van der Waals surface area (Å²) < 4.78 is 15.5. The monoisotopic (exact) mass is 714 g/mol. The van der Waals surface area contributed by atoms with E-state index in [4.69, 9.17) is 23.8 Å². The lowest BCUT2D eigenvalue weighted by atomic mass is 9.60. The molecule has 11 rings (SSSR count). The molecule has 0 saturated heterocycles. The molecule has 258 valence electrons. The smallest absolute Gasteiger partial charge is 0.167 e. The number of para-hydroxylation sites is 4. The summed E-state index contributed by atoms with van der Waals surface area (Å²) in [6, 6.07) is 44.1. The molecule has 7 aromatic carbocycles. The minimum Gasteiger partial charge on any atom is -0.456 e. The minimum atomic E-state index is 0.558. The number of aromatic nitrogens is 4. The van der Waals surface area contributed by atoms with Crippen molar-refractivity contribution in [3.8, 4) is 39.9 Å². The van der Waals surface area contributed by atoms with Crippen LogP contribution in [0.15, 0.2) is 136 Å². The largest absolute Gasteiger partial charge is 0.456 e. The van der Waals surface area contributed by atoms with Crippen molar-refractivity contribution >= 4 is 132 Å². The third-order valence-corrected chi connectivity index (χ3v) is 12.1. The van der Waals surface area contributed by atoms with Crippen LogP contribution in [0.3, 0.4) is 0 Å². The second kappa shape index (κ2) is 12.1. The van der Waals surface area contributed by atoms with E-state index >= 15 is 0 Å². The van der Waals surface area contributed by atoms with Crippen molar-refractivity contribution in [2.45, 2.75) is 0 Å². The van der Waals surface area contributed by atoms with Gasteiger partial charge in [0.1, 0.15) is 61.6 Å². The number of fused-ring (bicyclic) bond motifs is 9. The van der Waals surface area contributed by atoms with E-state index in [1.807, 2.05) is 30.3 Å². The van der Waals surface area contributed by atoms with Crippen LogP contribution in [0.25, 0.3) is 106 Å². The Morgan fingerprint density at radius 2 is 1.02 bits per heavy atom. The van der Waals surface area contributed by atoms with Crippen LogP contribution in [0.1, 0.15) is 0 Å². The molecule has 0 aliphatic rings. The molecule has 6 nitrogen and oxygen atoms in total. The average Bonchev–Trinajstić information content (AvgIpc) is 3.91. The zero-order chi connectivity index (χ0) is 37.8. The third kappa shape index (κ3) is 4.67. The molecule has 4 heterocycles. The lowest BCUT2D eigenvalue weighted by molar-refractivity contribution is 0.668. The second-order valence-electron chi connectivity index (χ2n) is 14.9. The van der Waals surface area contributed by atoms with Crippen LogP contribution in [-0.4, -0.2) is 58.8 Å². The van der Waals surface area contributed by atoms with Gasteiger partial charge in [-0.05, 0) is 48.5 Å². The SMILES string of the molecule is Bc1c(B)c(B)c(-c2nc(-c3ccc4c(c3)oc3cccc(-n5c6ccccc6c6ccccc65)c34)nc(-c3cccc4c3oc3ccccc34)n2)c(B)c1B. The topological polar surface area (TPSA) is 69.9 Å². The summed E-state index contributed by atoms with van der Waals surface area (Å²) in [5.74, 6) is 1.76. The highest BCUT2D eigenvalue weighted by Crippen LogP contribution is 2.40. The number of furan rings is 2. The van der Waals surface area contributed by atoms with Gasteiger partial charge in [-0.3, -0.25) is 0 Å². The van der Waals surface area contributed by atoms with E-state index in [0.29, 0.717) is 17.5 Å². The summed E-state index contributed by atoms with van der Waals surface area (Å²) in [7, 11) is 10.9. The molecule has 0 radical (unpaired) electrons. The molecule has 0 amide bonds. The fraction of sp³-hybridized carbons (Fsp3) is 0. The Kier molecular flexibility index (Phi) is 7.08. The van der Waals surface area contributed by atoms with Crippen molar-refractivity contribution in [2.75, 3.05) is 0 Å². The number of benzene rings is 7. The van der Waals surface area contributed by atoms with Gasteiger partial charge in [-0.15, -0.1) is 16.4 Å². The maximum absolute atomic E-state index is 6.68. The van der Waals surface area contributed by atoms with Gasteiger partial charge in [-0.1, -0.05) is 89.8 Å². The predicted molar refractivity (Wildman–Crippen MR) is 246 cm³/mol. The van der Waals surface area contributed by atoms with E-state index in [0.717, 1.165) is 77.3 Å². The lowest BCUT2D eigenvalue weighted by Gasteiger charge is -2.20. The van der Waals surface area contributed by atoms with E-state index in [2.05, 4.69) is 141 Å². The Balaban J connectivity index is 1.15. The van der Waals surface area contributed by atoms with Crippen molar-refractivity contribution in [3.05, 3.63) is 127 Å². The molecular formula is C45H31B5N4O2. The molecule has 0 N–H and O–H groups in total. The lowest BCUT2D eigenvalue weighted by Crippen LogP contribution is -2.55. The first-order chi connectivity index (χ1) is 27.4. The van der Waals surface area contributed by atoms with Crippen molar-refractivity contribution in [2.24, 2.45) is 0 Å². The first-order valence-corrected chi connectivity index (χ1v) is 19.0. The van der Waals surface area contributed by atoms with Crippen molar-refractivity contribution in [1.29, 1.82) is 0 Å². The van der Waals surface area contributed by atoms with Gasteiger partial charge in [0.25, 0.3) is 0 Å². The molecule has 0 fully saturated rings. The highest BCUT2D eigenvalue weighted by molar-refractivity contribution is 6.68. The minimum absolute atomic E-state index is 0.558. The predicted octanol–water partition coefficient (Wildman–Crippen LogP) is 3.06. The Labute approximate surface area is 326 Å². The summed E-state index contributed by atoms with van der Waals surface area (Å²) in [6.07, 6.45) is 0. The number of nitrogens with zero attached hydrogens (tertiary/aromatic N) is 4. The van der Waals surface area contributed by atoms with Gasteiger partial charge in [0.2, 0.25) is 0 Å². The summed E-state index contributed by atoms with van der Waals surface area (Å²) >= 11 is 0. The standard InChI is InChI=1S/C45H31B5N4O2/c46-37-36(38(47)40(49)41(50)39(37)48)45-52-43(51-44(53-45)28-13-7-12-26-25-11-3-6-17-32(25)56-42(26)28)22-19-20-27-34(21-22)55-33-18-8-16-31(35(27)33)54-29-14-4-1-9-23(29)24-10-2-5-15-30(24)54/h1-21H,46-50H2. The molecule has 0 saturated carbocycles. The molecule has 4 aromatic heterocycles. The molecule has 0 spiro atoms. The zero-order valence-electron chi connectivity index (χ0n) is 31.7. The van der Waals surface area contributed by atoms with Crippen LogP contribution in [0.5, 0.6) is 0 Å². The number of hydrogen-bond acceptors (Lipinski definition) is 5. The molecule has 0 aliphatic carbocycles. The number of rotatable bonds is 4. The Bertz CT molecular complexity index is 3380. The van der Waals surface area contributed by atoms with E-state index in [-0.39, 0.29) is 0 Å². The fourth-order valence-corrected chi connectivity index (χ4v) is 8.81. The van der Waals surface area contributed by atoms with E-state index < -0.39 is 0 Å². The van der Waals surface area contributed by atoms with E-state index in [1.54, 1.807) is 0 Å². The Morgan fingerprint density at radius 3 is 1.77 bits per heavy atom. The average molecular weight is 714 g/mol. The van der Waals surface area contributed by atoms with Gasteiger partial charge < -0.3 is 13.4 Å². The van der Waals surface area contributed by atoms with Gasteiger partial charge in [-0.2, -0.15) is 0 Å². The van der Waals surface area contributed by atoms with E-state index in [9.17, 15) is 0 Å². The van der Waals surface area contributed by atoms with Crippen molar-refractivity contribution < 1.29 is 8.83 Å². The molecular weight excluding hydrogens is 683 g/mol. The first kappa shape index (κ1) is 32.7. The maximum atomic E-state index is 6.68. The van der Waals surface area contributed by atoms with Crippen LogP contribution in [0.2, 0.25) is 0 Å². The van der Waals surface area contributed by atoms with Gasteiger partial charge in [0, 0.05) is 38.1 Å². The first-order valence-electron chi connectivity index (χ1n) is 19.0. The Hall–Kier alpha value is -6.73. The van der Waals surface area contributed by atoms with Gasteiger partial charge in [-0.25, -0.2) is 15.0 Å². The van der Waals surface area contributed by atoms with Crippen LogP contribution in [0, 0.1) is 0 Å². The molecule has 0 atom stereocenters. The van der Waals surface area contributed by atoms with Crippen molar-refractivity contribution in [1.82, 2.24) is 19.5 Å². The van der Waals surface area contributed by atoms with Gasteiger partial charge in [0.05, 0.1) is 27.7 Å². The molecule has 56 heavy (non-hydrogen) atoms. The fourth-order valence-electron chi connectivity index (χ4n) is 8.81. The molecule has 11 heteroatoms. The van der Waals surface area contributed by atoms with Gasteiger partial charge >= 0.3 is 0 Å². The quantitative estimate of drug-likeness (QED) is 0.263. The highest BCUT2D eigenvalue weighted by atomic mass is 16.3. The maximum Gasteiger partial charge on any atom is 0.167 e. The summed E-state index contributed by atoms with van der Waals surface area (Å²) in [6.45, 7) is 0. The van der Waals surface area contributed by atoms with Crippen LogP contribution in [0.4, 0.5) is 0 Å². The van der Waals surface area contributed by atoms with Crippen LogP contribution in [-0.2, 0) is 0 Å². The second-order valence-corrected chi connectivity index (χ2v) is 14.9. The van der Waals surface area contributed by atoms with Gasteiger partial charge in [0.15, 0.2) is 17.5 Å². The van der Waals surface area contributed by atoms with E-state index in [1.165, 1.54) is 38.1 Å². The zero-order valence-corrected chi connectivity index (χ0v) is 31.7. The molecule has 0 bridgehead atoms. The highest BCUT2D eigenvalue weighted by Gasteiger charge is 2.22. The van der Waals surface area contributed by atoms with Crippen LogP contribution < -0.4 is 27.3 Å². The Morgan fingerprint density at radius 1 is 0.429 bits per heavy atom. The number of hydrogen-bond donors (Lipinski definition) is 0. The normalized spacial score (nSPS) is 11.9. The third-order valence-electron chi connectivity index (χ3n) is 12.1. The summed E-state index contributed by atoms with van der Waals surface area (Å²) in [5, 5.41) is 6.62. The molecule has 0 aliphatic heterocycles. The van der Waals surface area contributed by atoms with Crippen molar-refractivity contribution in [3.63, 3.8) is 0 Å². The molecule has 11 aromatic rings. The summed E-state index contributed by atoms with van der Waals surface area (Å²) in [4.78, 5) is 15.7.